The minimum Gasteiger partial charge on any atom is -0.508 e. The summed E-state index contributed by atoms with van der Waals surface area (Å²) in [7, 11) is 0. The Morgan fingerprint density at radius 3 is 0.915 bits per heavy atom. The summed E-state index contributed by atoms with van der Waals surface area (Å²) in [5.74, 6) is 1.48. The zero-order chi connectivity index (χ0) is 49.2. The third kappa shape index (κ3) is 10.2. The number of benzene rings is 11. The fraction of sp³-hybridized carbons (Fsp3) is 0.108. The highest BCUT2D eigenvalue weighted by molar-refractivity contribution is 6.09. The monoisotopic (exact) mass is 934 g/mol. The topological polar surface area (TPSA) is 121 Å². The number of hydrogen-bond donors (Lipinski definition) is 6. The van der Waals surface area contributed by atoms with Crippen LogP contribution in [0.1, 0.15) is 57.4 Å². The van der Waals surface area contributed by atoms with Crippen molar-refractivity contribution in [2.45, 2.75) is 46.0 Å². The lowest BCUT2D eigenvalue weighted by Crippen LogP contribution is -2.21. The molecule has 6 heteroatoms. The first-order valence-corrected chi connectivity index (χ1v) is 23.2. The van der Waals surface area contributed by atoms with Gasteiger partial charge in [-0.25, -0.2) is 0 Å². The van der Waals surface area contributed by atoms with Crippen LogP contribution in [-0.4, -0.2) is 30.6 Å². The summed E-state index contributed by atoms with van der Waals surface area (Å²) in [6, 6.07) is 69.6. The van der Waals surface area contributed by atoms with E-state index in [0.29, 0.717) is 11.1 Å². The molecule has 0 aliphatic heterocycles. The molecule has 0 radical (unpaired) electrons. The molecule has 71 heavy (non-hydrogen) atoms. The van der Waals surface area contributed by atoms with Crippen LogP contribution in [0, 0.1) is 0 Å². The number of phenols is 6. The van der Waals surface area contributed by atoms with Crippen LogP contribution in [0.5, 0.6) is 34.5 Å². The minimum atomic E-state index is -0.144. The van der Waals surface area contributed by atoms with Gasteiger partial charge in [0.1, 0.15) is 34.5 Å². The fourth-order valence-electron chi connectivity index (χ4n) is 9.26. The van der Waals surface area contributed by atoms with Gasteiger partial charge in [-0.2, -0.15) is 0 Å². The Balaban J connectivity index is 0.000000142. The molecule has 11 aromatic carbocycles. The van der Waals surface area contributed by atoms with Gasteiger partial charge in [0.05, 0.1) is 0 Å². The van der Waals surface area contributed by atoms with Crippen LogP contribution in [0.3, 0.4) is 0 Å². The lowest BCUT2D eigenvalue weighted by molar-refractivity contribution is 0.470. The van der Waals surface area contributed by atoms with Gasteiger partial charge in [-0.3, -0.25) is 0 Å². The molecule has 0 fully saturated rings. The molecule has 0 aromatic heterocycles. The van der Waals surface area contributed by atoms with Gasteiger partial charge in [-0.15, -0.1) is 0 Å². The van der Waals surface area contributed by atoms with Crippen LogP contribution in [0.15, 0.2) is 218 Å². The molecular weight excluding hydrogens is 877 g/mol. The highest BCUT2D eigenvalue weighted by atomic mass is 16.3. The van der Waals surface area contributed by atoms with Crippen LogP contribution in [-0.2, 0) is 10.8 Å². The van der Waals surface area contributed by atoms with E-state index >= 15 is 0 Å². The minimum absolute atomic E-state index is 0. The van der Waals surface area contributed by atoms with Crippen LogP contribution in [0.25, 0.3) is 65.3 Å². The summed E-state index contributed by atoms with van der Waals surface area (Å²) < 4.78 is 0. The van der Waals surface area contributed by atoms with Crippen molar-refractivity contribution in [2.75, 3.05) is 0 Å². The van der Waals surface area contributed by atoms with E-state index < -0.39 is 0 Å². The first-order valence-electron chi connectivity index (χ1n) is 23.2. The second kappa shape index (κ2) is 20.1. The summed E-state index contributed by atoms with van der Waals surface area (Å²) in [4.78, 5) is 0. The molecule has 0 atom stereocenters. The van der Waals surface area contributed by atoms with Crippen molar-refractivity contribution in [3.8, 4) is 56.8 Å². The van der Waals surface area contributed by atoms with E-state index in [1.165, 1.54) is 22.3 Å². The summed E-state index contributed by atoms with van der Waals surface area (Å²) in [6.07, 6.45) is 0. The van der Waals surface area contributed by atoms with Crippen molar-refractivity contribution in [1.29, 1.82) is 0 Å². The highest BCUT2D eigenvalue weighted by Gasteiger charge is 2.27. The number of fused-ring (bicyclic) bond motifs is 4. The van der Waals surface area contributed by atoms with E-state index in [1.54, 1.807) is 60.7 Å². The van der Waals surface area contributed by atoms with Crippen LogP contribution in [0.2, 0.25) is 0 Å². The van der Waals surface area contributed by atoms with E-state index in [1.807, 2.05) is 109 Å². The molecule has 0 amide bonds. The zero-order valence-corrected chi connectivity index (χ0v) is 39.5. The van der Waals surface area contributed by atoms with Crippen molar-refractivity contribution in [3.05, 3.63) is 241 Å². The highest BCUT2D eigenvalue weighted by Crippen LogP contribution is 2.44. The van der Waals surface area contributed by atoms with Crippen molar-refractivity contribution in [1.82, 2.24) is 0 Å². The Kier molecular flexibility index (Phi) is 13.8. The summed E-state index contributed by atoms with van der Waals surface area (Å²) in [5, 5.41) is 67.2. The first kappa shape index (κ1) is 48.7. The Bertz CT molecular complexity index is 3410. The third-order valence-corrected chi connectivity index (χ3v) is 13.6. The Labute approximate surface area is 415 Å². The van der Waals surface area contributed by atoms with Crippen molar-refractivity contribution in [2.24, 2.45) is 0 Å². The number of rotatable bonds is 6. The van der Waals surface area contributed by atoms with Crippen LogP contribution < -0.4 is 0 Å². The predicted molar refractivity (Wildman–Crippen MR) is 294 cm³/mol. The molecule has 0 unspecified atom stereocenters. The number of hydrogen-bond acceptors (Lipinski definition) is 6. The molecule has 354 valence electrons. The third-order valence-electron chi connectivity index (χ3n) is 13.6. The zero-order valence-electron chi connectivity index (χ0n) is 39.5. The Morgan fingerprint density at radius 1 is 0.268 bits per heavy atom. The van der Waals surface area contributed by atoms with E-state index in [9.17, 15) is 30.6 Å². The van der Waals surface area contributed by atoms with Gasteiger partial charge in [0.2, 0.25) is 0 Å². The second-order valence-electron chi connectivity index (χ2n) is 18.8. The average Bonchev–Trinajstić information content (AvgIpc) is 3.37. The normalized spacial score (nSPS) is 11.3. The van der Waals surface area contributed by atoms with E-state index in [0.717, 1.165) is 54.2 Å². The fourth-order valence-corrected chi connectivity index (χ4v) is 9.26. The average molecular weight is 935 g/mol. The van der Waals surface area contributed by atoms with E-state index in [4.69, 9.17) is 0 Å². The molecule has 0 aliphatic rings. The molecule has 0 saturated heterocycles. The molecule has 11 rings (SSSR count). The predicted octanol–water partition coefficient (Wildman–Crippen LogP) is 16.5. The van der Waals surface area contributed by atoms with Crippen molar-refractivity contribution in [3.63, 3.8) is 0 Å². The number of phenolic OH excluding ortho intramolecular Hbond substituents is 6. The molecule has 6 N–H and O–H groups in total. The first-order chi connectivity index (χ1) is 33.6. The molecule has 0 aliphatic carbocycles. The lowest BCUT2D eigenvalue weighted by Gasteiger charge is -2.29. The standard InChI is InChI=1S/C24H26O2.2C20H14O2.CH4/c1-23(2,19-9-13-21(25)14-10-19)17-5-7-18(8-6-17)24(3,4)20-11-15-22(26)16-12-20;21-19-7-5-15-9-13(1-3-17(15)11-19)14-2-4-18-12-20(22)8-6-16(18)10-14;21-17-11-9-13-5-1-3-7-15(13)19(17)20-16-8-4-2-6-14(16)10-12-18(20)22;/h5-16,25-26H,1-4H3;2*1-12,21-22H;1H4. The molecule has 0 spiro atoms. The maximum atomic E-state index is 10.4. The number of aromatic hydroxyl groups is 6. The van der Waals surface area contributed by atoms with E-state index in [-0.39, 0.29) is 52.8 Å². The van der Waals surface area contributed by atoms with Gasteiger partial charge >= 0.3 is 0 Å². The van der Waals surface area contributed by atoms with Gasteiger partial charge in [-0.1, -0.05) is 181 Å². The maximum absolute atomic E-state index is 10.4. The molecular formula is C65H58O6. The molecule has 0 heterocycles. The van der Waals surface area contributed by atoms with Crippen molar-refractivity contribution >= 4 is 43.1 Å². The van der Waals surface area contributed by atoms with Crippen LogP contribution >= 0.6 is 0 Å². The quantitative estimate of drug-likeness (QED) is 0.0988. The van der Waals surface area contributed by atoms with Gasteiger partial charge in [0, 0.05) is 22.0 Å². The van der Waals surface area contributed by atoms with Gasteiger partial charge in [0.25, 0.3) is 0 Å². The van der Waals surface area contributed by atoms with Crippen molar-refractivity contribution < 1.29 is 30.6 Å². The maximum Gasteiger partial charge on any atom is 0.124 e. The Hall–Kier alpha value is -8.74. The lowest BCUT2D eigenvalue weighted by atomic mass is 9.74. The second-order valence-corrected chi connectivity index (χ2v) is 18.8. The largest absolute Gasteiger partial charge is 0.508 e. The smallest absolute Gasteiger partial charge is 0.124 e. The van der Waals surface area contributed by atoms with Gasteiger partial charge in [0.15, 0.2) is 0 Å². The molecule has 6 nitrogen and oxygen atoms in total. The summed E-state index contributed by atoms with van der Waals surface area (Å²) in [6.45, 7) is 8.78. The van der Waals surface area contributed by atoms with E-state index in [2.05, 4.69) is 76.2 Å². The van der Waals surface area contributed by atoms with Gasteiger partial charge in [-0.05, 0) is 149 Å². The van der Waals surface area contributed by atoms with Crippen LogP contribution in [0.4, 0.5) is 0 Å². The Morgan fingerprint density at radius 2 is 0.549 bits per heavy atom. The SMILES string of the molecule is C.CC(C)(c1ccc(O)cc1)c1ccc(C(C)(C)c2ccc(O)cc2)cc1.Oc1ccc2cc(-c3ccc4cc(O)ccc4c3)ccc2c1.Oc1ccc2ccccc2c1-c1c(O)ccc2ccccc12. The molecule has 11 aromatic rings. The summed E-state index contributed by atoms with van der Waals surface area (Å²) >= 11 is 0. The molecule has 0 bridgehead atoms. The van der Waals surface area contributed by atoms with Gasteiger partial charge < -0.3 is 30.6 Å². The molecule has 0 saturated carbocycles. The summed E-state index contributed by atoms with van der Waals surface area (Å²) in [5.41, 5.74) is 8.12.